The first-order valence-corrected chi connectivity index (χ1v) is 4.27. The van der Waals surface area contributed by atoms with Crippen LogP contribution in [0.25, 0.3) is 11.5 Å². The van der Waals surface area contributed by atoms with Crippen LogP contribution >= 0.6 is 0 Å². The summed E-state index contributed by atoms with van der Waals surface area (Å²) in [5.74, 6) is 0.403. The molecule has 0 aliphatic rings. The van der Waals surface area contributed by atoms with Gasteiger partial charge in [-0.2, -0.15) is 0 Å². The molecule has 0 unspecified atom stereocenters. The van der Waals surface area contributed by atoms with Gasteiger partial charge < -0.3 is 4.42 Å². The normalized spacial score (nSPS) is 11.7. The van der Waals surface area contributed by atoms with Crippen LogP contribution in [0.5, 0.6) is 0 Å². The second kappa shape index (κ2) is 3.87. The molecule has 0 fully saturated rings. The molecule has 0 aliphatic carbocycles. The summed E-state index contributed by atoms with van der Waals surface area (Å²) in [6.45, 7) is 0. The van der Waals surface area contributed by atoms with Crippen molar-refractivity contribution < 1.29 is 4.42 Å². The largest absolute Gasteiger partial charge is 0.402 e. The van der Waals surface area contributed by atoms with Crippen molar-refractivity contribution in [1.29, 1.82) is 0 Å². The number of aromatic nitrogens is 2. The standard InChI is InChI=1S/C9H8N4O2/c1-13-9(10-12-14)15-8(11-13)7-5-3-2-4-6-7/h2-6H,1H3. The number of nitroso groups, excluding NO2 is 1. The average molecular weight is 204 g/mol. The van der Waals surface area contributed by atoms with Gasteiger partial charge in [-0.15, -0.1) is 10.0 Å². The summed E-state index contributed by atoms with van der Waals surface area (Å²) in [6.07, 6.45) is 0. The molecule has 1 heterocycles. The van der Waals surface area contributed by atoms with Crippen LogP contribution in [0.15, 0.2) is 45.1 Å². The molecule has 0 amide bonds. The van der Waals surface area contributed by atoms with Gasteiger partial charge in [0.1, 0.15) is 0 Å². The van der Waals surface area contributed by atoms with Crippen molar-refractivity contribution in [2.24, 2.45) is 17.4 Å². The van der Waals surface area contributed by atoms with Gasteiger partial charge in [-0.3, -0.25) is 0 Å². The molecule has 0 saturated carbocycles. The van der Waals surface area contributed by atoms with E-state index >= 15 is 0 Å². The topological polar surface area (TPSA) is 72.8 Å². The maximum atomic E-state index is 9.95. The highest BCUT2D eigenvalue weighted by Gasteiger charge is 2.05. The summed E-state index contributed by atoms with van der Waals surface area (Å²) in [6, 6.07) is 9.33. The SMILES string of the molecule is Cn1nc(-c2ccccc2)oc1=NN=O. The highest BCUT2D eigenvalue weighted by molar-refractivity contribution is 5.51. The van der Waals surface area contributed by atoms with Crippen LogP contribution < -0.4 is 5.68 Å². The van der Waals surface area contributed by atoms with Crippen molar-refractivity contribution in [3.8, 4) is 11.5 Å². The van der Waals surface area contributed by atoms with E-state index in [0.29, 0.717) is 5.89 Å². The molecular weight excluding hydrogens is 196 g/mol. The molecule has 0 radical (unpaired) electrons. The fourth-order valence-electron chi connectivity index (χ4n) is 1.17. The predicted molar refractivity (Wildman–Crippen MR) is 52.3 cm³/mol. The first kappa shape index (κ1) is 9.32. The molecule has 1 aromatic carbocycles. The van der Waals surface area contributed by atoms with Crippen molar-refractivity contribution in [2.45, 2.75) is 0 Å². The fraction of sp³-hybridized carbons (Fsp3) is 0.111. The Morgan fingerprint density at radius 1 is 1.33 bits per heavy atom. The molecule has 0 N–H and O–H groups in total. The van der Waals surface area contributed by atoms with Crippen LogP contribution in [-0.4, -0.2) is 9.78 Å². The van der Waals surface area contributed by atoms with E-state index < -0.39 is 0 Å². The van der Waals surface area contributed by atoms with E-state index in [-0.39, 0.29) is 5.68 Å². The minimum absolute atomic E-state index is 0.0730. The molecule has 6 nitrogen and oxygen atoms in total. The summed E-state index contributed by atoms with van der Waals surface area (Å²) in [5.41, 5.74) is 0.893. The van der Waals surface area contributed by atoms with Crippen molar-refractivity contribution in [3.05, 3.63) is 40.9 Å². The Hall–Kier alpha value is -2.24. The van der Waals surface area contributed by atoms with Crippen LogP contribution in [0.3, 0.4) is 0 Å². The van der Waals surface area contributed by atoms with Gasteiger partial charge in [0.25, 0.3) is 0 Å². The molecule has 0 aliphatic heterocycles. The Morgan fingerprint density at radius 2 is 2.07 bits per heavy atom. The van der Waals surface area contributed by atoms with Gasteiger partial charge in [-0.1, -0.05) is 23.3 Å². The van der Waals surface area contributed by atoms with Crippen molar-refractivity contribution in [2.75, 3.05) is 0 Å². The molecule has 15 heavy (non-hydrogen) atoms. The molecule has 6 heteroatoms. The lowest BCUT2D eigenvalue weighted by Crippen LogP contribution is -2.12. The maximum Gasteiger partial charge on any atom is 0.342 e. The van der Waals surface area contributed by atoms with E-state index in [0.717, 1.165) is 5.56 Å². The van der Waals surface area contributed by atoms with E-state index in [2.05, 4.69) is 15.5 Å². The summed E-state index contributed by atoms with van der Waals surface area (Å²) in [4.78, 5) is 9.95. The minimum Gasteiger partial charge on any atom is -0.402 e. The van der Waals surface area contributed by atoms with E-state index in [1.807, 2.05) is 30.3 Å². The van der Waals surface area contributed by atoms with Gasteiger partial charge in [-0.25, -0.2) is 4.68 Å². The zero-order valence-corrected chi connectivity index (χ0v) is 7.99. The lowest BCUT2D eigenvalue weighted by Gasteiger charge is -1.90. The van der Waals surface area contributed by atoms with Crippen LogP contribution in [-0.2, 0) is 7.05 Å². The molecule has 0 atom stereocenters. The second-order valence-corrected chi connectivity index (χ2v) is 2.86. The molecule has 76 valence electrons. The van der Waals surface area contributed by atoms with Gasteiger partial charge in [0.2, 0.25) is 5.89 Å². The fourth-order valence-corrected chi connectivity index (χ4v) is 1.17. The van der Waals surface area contributed by atoms with Gasteiger partial charge in [-0.05, 0) is 12.1 Å². The van der Waals surface area contributed by atoms with Crippen molar-refractivity contribution in [3.63, 3.8) is 0 Å². The zero-order chi connectivity index (χ0) is 10.7. The first-order chi connectivity index (χ1) is 7.31. The van der Waals surface area contributed by atoms with Crippen LogP contribution in [0, 0.1) is 4.91 Å². The van der Waals surface area contributed by atoms with Gasteiger partial charge >= 0.3 is 5.68 Å². The Balaban J connectivity index is 2.52. The molecule has 0 bridgehead atoms. The number of hydrogen-bond donors (Lipinski definition) is 0. The Labute approximate surface area is 84.8 Å². The van der Waals surface area contributed by atoms with Crippen LogP contribution in [0.2, 0.25) is 0 Å². The molecular formula is C9H8N4O2. The van der Waals surface area contributed by atoms with Crippen LogP contribution in [0.1, 0.15) is 0 Å². The number of aryl methyl sites for hydroxylation is 1. The monoisotopic (exact) mass is 204 g/mol. The molecule has 0 saturated heterocycles. The summed E-state index contributed by atoms with van der Waals surface area (Å²) in [7, 11) is 1.62. The number of benzene rings is 1. The summed E-state index contributed by atoms with van der Waals surface area (Å²) in [5, 5.41) is 9.71. The smallest absolute Gasteiger partial charge is 0.342 e. The summed E-state index contributed by atoms with van der Waals surface area (Å²) >= 11 is 0. The first-order valence-electron chi connectivity index (χ1n) is 4.27. The third-order valence-corrected chi connectivity index (χ3v) is 1.85. The number of hydrogen-bond acceptors (Lipinski definition) is 4. The summed E-state index contributed by atoms with van der Waals surface area (Å²) < 4.78 is 6.58. The third kappa shape index (κ3) is 1.83. The molecule has 2 aromatic rings. The van der Waals surface area contributed by atoms with E-state index in [4.69, 9.17) is 4.42 Å². The minimum atomic E-state index is 0.0730. The zero-order valence-electron chi connectivity index (χ0n) is 7.99. The average Bonchev–Trinajstić information content (AvgIpc) is 2.63. The van der Waals surface area contributed by atoms with Crippen LogP contribution in [0.4, 0.5) is 0 Å². The van der Waals surface area contributed by atoms with Crippen molar-refractivity contribution in [1.82, 2.24) is 9.78 Å². The Bertz CT molecular complexity index is 527. The van der Waals surface area contributed by atoms with Gasteiger partial charge in [0.15, 0.2) is 0 Å². The molecule has 2 rings (SSSR count). The van der Waals surface area contributed by atoms with Gasteiger partial charge in [0.05, 0.1) is 5.29 Å². The number of nitrogens with zero attached hydrogens (tertiary/aromatic N) is 4. The number of rotatable bonds is 2. The van der Waals surface area contributed by atoms with E-state index in [1.165, 1.54) is 4.68 Å². The molecule has 1 aromatic heterocycles. The molecule has 0 spiro atoms. The third-order valence-electron chi connectivity index (χ3n) is 1.85. The lowest BCUT2D eigenvalue weighted by molar-refractivity contribution is 0.479. The maximum absolute atomic E-state index is 9.95. The Kier molecular flexibility index (Phi) is 2.40. The Morgan fingerprint density at radius 3 is 2.73 bits per heavy atom. The van der Waals surface area contributed by atoms with Crippen molar-refractivity contribution >= 4 is 0 Å². The van der Waals surface area contributed by atoms with E-state index in [9.17, 15) is 4.91 Å². The van der Waals surface area contributed by atoms with Gasteiger partial charge in [0, 0.05) is 12.6 Å². The lowest BCUT2D eigenvalue weighted by atomic mass is 10.2. The van der Waals surface area contributed by atoms with E-state index in [1.54, 1.807) is 7.05 Å². The quantitative estimate of drug-likeness (QED) is 0.546. The highest BCUT2D eigenvalue weighted by atomic mass is 16.4. The predicted octanol–water partition coefficient (Wildman–Crippen LogP) is 1.26. The highest BCUT2D eigenvalue weighted by Crippen LogP contribution is 2.13. The second-order valence-electron chi connectivity index (χ2n) is 2.86.